The molecule has 2 saturated heterocycles. The van der Waals surface area contributed by atoms with Crippen molar-refractivity contribution in [2.45, 2.75) is 86.4 Å². The smallest absolute Gasteiger partial charge is 0.339 e. The Hall–Kier alpha value is -1.65. The summed E-state index contributed by atoms with van der Waals surface area (Å²) in [6, 6.07) is 2.22. The second-order valence-electron chi connectivity index (χ2n) is 9.72. The molecule has 0 aromatic heterocycles. The lowest BCUT2D eigenvalue weighted by atomic mass is 9.77. The average molecular weight is 514 g/mol. The molecule has 2 heterocycles. The maximum absolute atomic E-state index is 14.5. The van der Waals surface area contributed by atoms with Crippen molar-refractivity contribution in [3.05, 3.63) is 34.9 Å². The van der Waals surface area contributed by atoms with Gasteiger partial charge in [-0.15, -0.1) is 0 Å². The molecule has 4 unspecified atom stereocenters. The van der Waals surface area contributed by atoms with Crippen molar-refractivity contribution in [1.29, 1.82) is 0 Å². The maximum atomic E-state index is 14.5. The van der Waals surface area contributed by atoms with E-state index in [4.69, 9.17) is 0 Å². The molecule has 3 aliphatic rings. The monoisotopic (exact) mass is 513 g/mol. The van der Waals surface area contributed by atoms with E-state index >= 15 is 0 Å². The molecule has 2 aliphatic heterocycles. The van der Waals surface area contributed by atoms with Gasteiger partial charge in [0.2, 0.25) is 5.91 Å². The second kappa shape index (κ2) is 8.48. The molecule has 3 nitrogen and oxygen atoms in total. The molecule has 0 saturated carbocycles. The Morgan fingerprint density at radius 2 is 1.56 bits per heavy atom. The Labute approximate surface area is 195 Å². The first-order valence-corrected chi connectivity index (χ1v) is 12.6. The summed E-state index contributed by atoms with van der Waals surface area (Å²) >= 11 is 0. The summed E-state index contributed by atoms with van der Waals surface area (Å²) in [5, 5.41) is -0.185. The lowest BCUT2D eigenvalue weighted by Gasteiger charge is -2.38. The number of carbonyl (C=O) groups is 1. The number of benzene rings is 1. The maximum Gasteiger partial charge on any atom is 0.435 e. The van der Waals surface area contributed by atoms with E-state index in [1.807, 2.05) is 13.8 Å². The number of hydrogen-bond acceptors (Lipinski definition) is 2. The minimum atomic E-state index is -6.15. The van der Waals surface area contributed by atoms with E-state index < -0.39 is 34.4 Å². The predicted molar refractivity (Wildman–Crippen MR) is 112 cm³/mol. The Kier molecular flexibility index (Phi) is 6.35. The molecule has 190 valence electrons. The molecule has 34 heavy (non-hydrogen) atoms. The van der Waals surface area contributed by atoms with E-state index in [-0.39, 0.29) is 46.3 Å². The lowest BCUT2D eigenvalue weighted by molar-refractivity contribution is -0.348. The van der Waals surface area contributed by atoms with Gasteiger partial charge in [0.15, 0.2) is 0 Å². The van der Waals surface area contributed by atoms with Crippen LogP contribution in [0.2, 0.25) is 0 Å². The first-order valence-electron chi connectivity index (χ1n) is 11.3. The normalized spacial score (nSPS) is 32.3. The van der Waals surface area contributed by atoms with Crippen molar-refractivity contribution in [2.24, 2.45) is 5.92 Å². The standard InChI is InChI=1S/C23H26F7NO2S/c1-12-9-15(10-13(2)34(12)33)20(32)31-8-7-18-17-5-4-16(11-14(17)3-6-19(18)31)21(24,22(25,26)27)23(28,29)30/h4-5,11-13,15,18-19H,3,6-10H2,1-2H3. The van der Waals surface area contributed by atoms with Crippen molar-refractivity contribution < 1.29 is 39.7 Å². The van der Waals surface area contributed by atoms with Crippen molar-refractivity contribution in [3.63, 3.8) is 0 Å². The number of alkyl halides is 7. The van der Waals surface area contributed by atoms with Crippen LogP contribution in [0.4, 0.5) is 30.7 Å². The number of likely N-dealkylation sites (tertiary alicyclic amines) is 1. The van der Waals surface area contributed by atoms with E-state index in [1.54, 1.807) is 4.90 Å². The topological polar surface area (TPSA) is 37.4 Å². The minimum Gasteiger partial charge on any atom is -0.339 e. The summed E-state index contributed by atoms with van der Waals surface area (Å²) < 4.78 is 106. The molecule has 2 fully saturated rings. The van der Waals surface area contributed by atoms with E-state index in [9.17, 15) is 39.7 Å². The van der Waals surface area contributed by atoms with Gasteiger partial charge in [0.05, 0.1) is 0 Å². The van der Waals surface area contributed by atoms with Crippen LogP contribution in [0.15, 0.2) is 18.2 Å². The van der Waals surface area contributed by atoms with E-state index in [0.29, 0.717) is 49.9 Å². The number of amides is 1. The zero-order chi connectivity index (χ0) is 25.2. The number of hydrogen-bond donors (Lipinski definition) is 0. The van der Waals surface area contributed by atoms with Gasteiger partial charge >= 0.3 is 18.0 Å². The third-order valence-electron chi connectivity index (χ3n) is 7.64. The largest absolute Gasteiger partial charge is 0.435 e. The minimum absolute atomic E-state index is 0.0279. The first-order chi connectivity index (χ1) is 15.7. The van der Waals surface area contributed by atoms with Crippen molar-refractivity contribution in [1.82, 2.24) is 4.90 Å². The SMILES string of the molecule is CC1CC(C(=O)N2CCC3c4ccc(C(F)(C(F)(F)F)C(F)(F)F)cc4CCC32)CC(C)S1=O. The Morgan fingerprint density at radius 3 is 2.12 bits per heavy atom. The highest BCUT2D eigenvalue weighted by Crippen LogP contribution is 2.54. The third kappa shape index (κ3) is 3.95. The van der Waals surface area contributed by atoms with Crippen LogP contribution in [0.1, 0.15) is 62.1 Å². The van der Waals surface area contributed by atoms with E-state index in [0.717, 1.165) is 6.07 Å². The highest BCUT2D eigenvalue weighted by Gasteiger charge is 2.73. The predicted octanol–water partition coefficient (Wildman–Crippen LogP) is 5.54. The molecule has 4 rings (SSSR count). The fourth-order valence-electron chi connectivity index (χ4n) is 5.96. The van der Waals surface area contributed by atoms with Crippen LogP contribution in [0.3, 0.4) is 0 Å². The quantitative estimate of drug-likeness (QED) is 0.487. The van der Waals surface area contributed by atoms with Gasteiger partial charge in [0.25, 0.3) is 0 Å². The highest BCUT2D eigenvalue weighted by molar-refractivity contribution is 7.86. The second-order valence-corrected chi connectivity index (χ2v) is 12.0. The van der Waals surface area contributed by atoms with Gasteiger partial charge < -0.3 is 4.90 Å². The Balaban J connectivity index is 1.58. The average Bonchev–Trinajstić information content (AvgIpc) is 3.18. The highest BCUT2D eigenvalue weighted by atomic mass is 32.2. The van der Waals surface area contributed by atoms with Crippen LogP contribution >= 0.6 is 0 Å². The summed E-state index contributed by atoms with van der Waals surface area (Å²) in [5.41, 5.74) is -6.07. The number of nitrogens with zero attached hydrogens (tertiary/aromatic N) is 1. The molecule has 4 atom stereocenters. The number of carbonyl (C=O) groups excluding carboxylic acids is 1. The molecule has 0 radical (unpaired) electrons. The number of fused-ring (bicyclic) bond motifs is 3. The van der Waals surface area contributed by atoms with Crippen molar-refractivity contribution in [3.8, 4) is 0 Å². The van der Waals surface area contributed by atoms with Gasteiger partial charge in [-0.2, -0.15) is 26.3 Å². The fourth-order valence-corrected chi connectivity index (χ4v) is 7.59. The van der Waals surface area contributed by atoms with Gasteiger partial charge in [-0.3, -0.25) is 9.00 Å². The molecular weight excluding hydrogens is 487 g/mol. The fraction of sp³-hybridized carbons (Fsp3) is 0.696. The van der Waals surface area contributed by atoms with Gasteiger partial charge in [-0.1, -0.05) is 32.0 Å². The van der Waals surface area contributed by atoms with Crippen LogP contribution < -0.4 is 0 Å². The van der Waals surface area contributed by atoms with Crippen molar-refractivity contribution >= 4 is 16.7 Å². The molecule has 0 bridgehead atoms. The zero-order valence-corrected chi connectivity index (χ0v) is 19.5. The molecule has 1 aromatic carbocycles. The van der Waals surface area contributed by atoms with Crippen LogP contribution in [-0.2, 0) is 27.7 Å². The van der Waals surface area contributed by atoms with Crippen LogP contribution in [0.25, 0.3) is 0 Å². The van der Waals surface area contributed by atoms with Gasteiger partial charge in [-0.05, 0) is 43.2 Å². The number of halogens is 7. The molecule has 1 aromatic rings. The van der Waals surface area contributed by atoms with Crippen LogP contribution in [-0.4, -0.2) is 50.5 Å². The number of rotatable bonds is 2. The summed E-state index contributed by atoms with van der Waals surface area (Å²) in [5.74, 6) is -0.504. The van der Waals surface area contributed by atoms with Crippen LogP contribution in [0, 0.1) is 5.92 Å². The van der Waals surface area contributed by atoms with Gasteiger partial charge in [-0.25, -0.2) is 4.39 Å². The molecule has 11 heteroatoms. The van der Waals surface area contributed by atoms with Gasteiger partial charge in [0, 0.05) is 51.3 Å². The molecule has 0 N–H and O–H groups in total. The molecule has 0 spiro atoms. The summed E-state index contributed by atoms with van der Waals surface area (Å²) in [7, 11) is -0.990. The zero-order valence-electron chi connectivity index (χ0n) is 18.7. The Morgan fingerprint density at radius 1 is 0.971 bits per heavy atom. The third-order valence-corrected chi connectivity index (χ3v) is 9.61. The van der Waals surface area contributed by atoms with E-state index in [2.05, 4.69) is 0 Å². The summed E-state index contributed by atoms with van der Waals surface area (Å²) in [4.78, 5) is 15.1. The van der Waals surface area contributed by atoms with Crippen LogP contribution in [0.5, 0.6) is 0 Å². The molecule has 1 aliphatic carbocycles. The number of aryl methyl sites for hydroxylation is 1. The van der Waals surface area contributed by atoms with Crippen molar-refractivity contribution in [2.75, 3.05) is 6.54 Å². The van der Waals surface area contributed by atoms with Gasteiger partial charge in [0.1, 0.15) is 0 Å². The summed E-state index contributed by atoms with van der Waals surface area (Å²) in [6.45, 7) is 4.16. The lowest BCUT2D eigenvalue weighted by Crippen LogP contribution is -2.50. The molecule has 1 amide bonds. The Bertz CT molecular complexity index is 965. The first kappa shape index (κ1) is 25.4. The summed E-state index contributed by atoms with van der Waals surface area (Å²) in [6.07, 6.45) is -10.2. The van der Waals surface area contributed by atoms with E-state index in [1.165, 1.54) is 0 Å². The molecular formula is C23H26F7NO2S.